The van der Waals surface area contributed by atoms with Gasteiger partial charge in [0.25, 0.3) is 0 Å². The van der Waals surface area contributed by atoms with Gasteiger partial charge >= 0.3 is 5.69 Å². The second kappa shape index (κ2) is 6.13. The molecule has 0 aromatic heterocycles. The minimum atomic E-state index is -1.53. The van der Waals surface area contributed by atoms with Gasteiger partial charge in [0.05, 0.1) is 16.6 Å². The van der Waals surface area contributed by atoms with Gasteiger partial charge in [0.15, 0.2) is 5.82 Å². The van der Waals surface area contributed by atoms with E-state index in [4.69, 9.17) is 10.00 Å². The Kier molecular flexibility index (Phi) is 4.27. The van der Waals surface area contributed by atoms with Gasteiger partial charge < -0.3 is 4.74 Å². The average molecular weight is 308 g/mol. The molecule has 0 saturated carbocycles. The molecule has 5 nitrogen and oxygen atoms in total. The first kappa shape index (κ1) is 15.3. The fraction of sp³-hybridized carbons (Fsp3) is 0.0714. The SMILES string of the molecule is N#Cc1cc(Oc2c([N+](=O)[O-])ccc(F)c2F)ccc1CF. The number of hydrogen-bond acceptors (Lipinski definition) is 4. The summed E-state index contributed by atoms with van der Waals surface area (Å²) < 4.78 is 44.5. The molecule has 0 amide bonds. The van der Waals surface area contributed by atoms with Crippen molar-refractivity contribution in [1.82, 2.24) is 0 Å². The molecule has 0 aliphatic carbocycles. The minimum absolute atomic E-state index is 0.0699. The topological polar surface area (TPSA) is 76.2 Å². The molecule has 0 saturated heterocycles. The Balaban J connectivity index is 2.50. The van der Waals surface area contributed by atoms with E-state index in [1.807, 2.05) is 0 Å². The summed E-state index contributed by atoms with van der Waals surface area (Å²) in [6.07, 6.45) is 0. The molecule has 0 atom stereocenters. The predicted molar refractivity (Wildman–Crippen MR) is 69.1 cm³/mol. The normalized spacial score (nSPS) is 10.1. The van der Waals surface area contributed by atoms with Gasteiger partial charge in [-0.15, -0.1) is 0 Å². The highest BCUT2D eigenvalue weighted by atomic mass is 19.2. The van der Waals surface area contributed by atoms with E-state index < -0.39 is 34.7 Å². The number of nitro benzene ring substituents is 1. The third kappa shape index (κ3) is 2.83. The molecule has 112 valence electrons. The average Bonchev–Trinajstić information content (AvgIpc) is 2.51. The van der Waals surface area contributed by atoms with E-state index in [-0.39, 0.29) is 16.9 Å². The summed E-state index contributed by atoms with van der Waals surface area (Å²) >= 11 is 0. The van der Waals surface area contributed by atoms with Gasteiger partial charge in [-0.3, -0.25) is 10.1 Å². The first-order valence-electron chi connectivity index (χ1n) is 5.87. The number of nitrogens with zero attached hydrogens (tertiary/aromatic N) is 2. The van der Waals surface area contributed by atoms with Crippen molar-refractivity contribution in [3.8, 4) is 17.6 Å². The first-order chi connectivity index (χ1) is 10.5. The van der Waals surface area contributed by atoms with Gasteiger partial charge in [-0.05, 0) is 18.2 Å². The molecule has 0 fully saturated rings. The molecule has 2 aromatic rings. The lowest BCUT2D eigenvalue weighted by Gasteiger charge is -2.09. The van der Waals surface area contributed by atoms with Crippen molar-refractivity contribution >= 4 is 5.69 Å². The summed E-state index contributed by atoms with van der Waals surface area (Å²) in [5, 5.41) is 19.7. The third-order valence-corrected chi connectivity index (χ3v) is 2.79. The summed E-state index contributed by atoms with van der Waals surface area (Å²) in [5.74, 6) is -3.91. The fourth-order valence-electron chi connectivity index (χ4n) is 1.72. The smallest absolute Gasteiger partial charge is 0.314 e. The maximum Gasteiger partial charge on any atom is 0.314 e. The summed E-state index contributed by atoms with van der Waals surface area (Å²) in [6, 6.07) is 6.58. The molecule has 0 bridgehead atoms. The predicted octanol–water partition coefficient (Wildman–Crippen LogP) is 4.01. The Hall–Kier alpha value is -3.08. The highest BCUT2D eigenvalue weighted by molar-refractivity contribution is 5.51. The number of halogens is 3. The molecular weight excluding hydrogens is 301 g/mol. The van der Waals surface area contributed by atoms with Crippen LogP contribution in [0.4, 0.5) is 18.9 Å². The van der Waals surface area contributed by atoms with Crippen LogP contribution in [-0.4, -0.2) is 4.92 Å². The molecule has 2 aromatic carbocycles. The van der Waals surface area contributed by atoms with E-state index in [1.165, 1.54) is 12.1 Å². The largest absolute Gasteiger partial charge is 0.447 e. The summed E-state index contributed by atoms with van der Waals surface area (Å²) in [5.41, 5.74) is -0.754. The van der Waals surface area contributed by atoms with Crippen LogP contribution in [0, 0.1) is 33.1 Å². The van der Waals surface area contributed by atoms with E-state index in [0.29, 0.717) is 6.07 Å². The molecule has 0 spiro atoms. The molecule has 0 radical (unpaired) electrons. The standard InChI is InChI=1S/C14H7F3N2O3/c15-6-8-1-2-10(5-9(8)7-18)22-14-12(19(20)21)4-3-11(16)13(14)17/h1-5H,6H2. The highest BCUT2D eigenvalue weighted by Gasteiger charge is 2.24. The van der Waals surface area contributed by atoms with Crippen molar-refractivity contribution < 1.29 is 22.8 Å². The van der Waals surface area contributed by atoms with Crippen molar-refractivity contribution in [2.45, 2.75) is 6.67 Å². The number of hydrogen-bond donors (Lipinski definition) is 0. The molecule has 22 heavy (non-hydrogen) atoms. The van der Waals surface area contributed by atoms with E-state index in [2.05, 4.69) is 0 Å². The number of alkyl halides is 1. The quantitative estimate of drug-likeness (QED) is 0.631. The van der Waals surface area contributed by atoms with E-state index in [9.17, 15) is 23.3 Å². The minimum Gasteiger partial charge on any atom is -0.447 e. The Morgan fingerprint density at radius 3 is 2.59 bits per heavy atom. The van der Waals surface area contributed by atoms with Crippen LogP contribution in [0.1, 0.15) is 11.1 Å². The van der Waals surface area contributed by atoms with Crippen LogP contribution in [0.3, 0.4) is 0 Å². The van der Waals surface area contributed by atoms with E-state index >= 15 is 0 Å². The fourth-order valence-corrected chi connectivity index (χ4v) is 1.72. The lowest BCUT2D eigenvalue weighted by Crippen LogP contribution is -1.99. The molecule has 0 unspecified atom stereocenters. The monoisotopic (exact) mass is 308 g/mol. The molecule has 0 heterocycles. The Morgan fingerprint density at radius 1 is 1.27 bits per heavy atom. The zero-order valence-electron chi connectivity index (χ0n) is 10.8. The summed E-state index contributed by atoms with van der Waals surface area (Å²) in [6.45, 7) is -0.891. The zero-order valence-corrected chi connectivity index (χ0v) is 10.8. The zero-order chi connectivity index (χ0) is 16.3. The molecule has 2 rings (SSSR count). The molecule has 0 aliphatic rings. The van der Waals surface area contributed by atoms with Gasteiger partial charge in [-0.2, -0.15) is 9.65 Å². The van der Waals surface area contributed by atoms with Crippen molar-refractivity contribution in [3.05, 3.63) is 63.2 Å². The van der Waals surface area contributed by atoms with Gasteiger partial charge in [0.1, 0.15) is 12.4 Å². The molecule has 8 heteroatoms. The van der Waals surface area contributed by atoms with Gasteiger partial charge in [-0.25, -0.2) is 8.78 Å². The first-order valence-corrected chi connectivity index (χ1v) is 5.87. The van der Waals surface area contributed by atoms with Crippen LogP contribution in [0.5, 0.6) is 11.5 Å². The Bertz CT molecular complexity index is 788. The third-order valence-electron chi connectivity index (χ3n) is 2.79. The maximum atomic E-state index is 13.7. The second-order valence-electron chi connectivity index (χ2n) is 4.13. The van der Waals surface area contributed by atoms with Crippen molar-refractivity contribution in [2.75, 3.05) is 0 Å². The second-order valence-corrected chi connectivity index (χ2v) is 4.13. The molecule has 0 N–H and O–H groups in total. The van der Waals surface area contributed by atoms with Gasteiger partial charge in [-0.1, -0.05) is 6.07 Å². The van der Waals surface area contributed by atoms with E-state index in [0.717, 1.165) is 12.1 Å². The van der Waals surface area contributed by atoms with Crippen molar-refractivity contribution in [2.24, 2.45) is 0 Å². The summed E-state index contributed by atoms with van der Waals surface area (Å²) in [7, 11) is 0. The van der Waals surface area contributed by atoms with Gasteiger partial charge in [0, 0.05) is 11.6 Å². The van der Waals surface area contributed by atoms with Crippen molar-refractivity contribution in [1.29, 1.82) is 5.26 Å². The number of nitriles is 1. The van der Waals surface area contributed by atoms with Crippen LogP contribution in [0.2, 0.25) is 0 Å². The Labute approximate surface area is 122 Å². The van der Waals surface area contributed by atoms with Crippen LogP contribution in [-0.2, 0) is 6.67 Å². The highest BCUT2D eigenvalue weighted by Crippen LogP contribution is 2.35. The number of ether oxygens (including phenoxy) is 1. The van der Waals surface area contributed by atoms with Crippen molar-refractivity contribution in [3.63, 3.8) is 0 Å². The van der Waals surface area contributed by atoms with Gasteiger partial charge in [0.2, 0.25) is 11.6 Å². The summed E-state index contributed by atoms with van der Waals surface area (Å²) in [4.78, 5) is 9.90. The Morgan fingerprint density at radius 2 is 2.00 bits per heavy atom. The number of rotatable bonds is 4. The number of nitro groups is 1. The van der Waals surface area contributed by atoms with Crippen LogP contribution in [0.15, 0.2) is 30.3 Å². The lowest BCUT2D eigenvalue weighted by molar-refractivity contribution is -0.385. The van der Waals surface area contributed by atoms with E-state index in [1.54, 1.807) is 6.07 Å². The lowest BCUT2D eigenvalue weighted by atomic mass is 10.1. The molecule has 0 aliphatic heterocycles. The maximum absolute atomic E-state index is 13.7. The van der Waals surface area contributed by atoms with Crippen LogP contribution in [0.25, 0.3) is 0 Å². The number of benzene rings is 2. The van der Waals surface area contributed by atoms with Crippen LogP contribution < -0.4 is 4.74 Å². The molecular formula is C14H7F3N2O3. The van der Waals surface area contributed by atoms with Crippen LogP contribution >= 0.6 is 0 Å².